The van der Waals surface area contributed by atoms with E-state index in [2.05, 4.69) is 0 Å². The third kappa shape index (κ3) is 3.28. The molecule has 0 spiro atoms. The number of nitro groups is 1. The van der Waals surface area contributed by atoms with Crippen LogP contribution in [-0.2, 0) is 11.2 Å². The Morgan fingerprint density at radius 3 is 2.72 bits per heavy atom. The third-order valence-electron chi connectivity index (χ3n) is 2.63. The number of nitriles is 1. The van der Waals surface area contributed by atoms with Crippen molar-refractivity contribution >= 4 is 11.6 Å². The number of primary amides is 1. The van der Waals surface area contributed by atoms with Gasteiger partial charge in [-0.1, -0.05) is 0 Å². The zero-order chi connectivity index (χ0) is 13.7. The lowest BCUT2D eigenvalue weighted by molar-refractivity contribution is -0.385. The van der Waals surface area contributed by atoms with E-state index < -0.39 is 10.8 Å². The number of amides is 1. The van der Waals surface area contributed by atoms with Crippen molar-refractivity contribution in [2.24, 2.45) is 5.73 Å². The molecular formula is C12H13N3O3. The molecule has 0 aromatic heterocycles. The third-order valence-corrected chi connectivity index (χ3v) is 2.63. The Hall–Kier alpha value is -2.42. The normalized spacial score (nSPS) is 9.78. The largest absolute Gasteiger partial charge is 0.370 e. The van der Waals surface area contributed by atoms with Crippen LogP contribution in [0.15, 0.2) is 12.1 Å². The zero-order valence-corrected chi connectivity index (χ0v) is 9.97. The van der Waals surface area contributed by atoms with E-state index in [9.17, 15) is 14.9 Å². The van der Waals surface area contributed by atoms with Crippen LogP contribution < -0.4 is 5.73 Å². The minimum atomic E-state index is -0.507. The summed E-state index contributed by atoms with van der Waals surface area (Å²) in [5.41, 5.74) is 6.45. The van der Waals surface area contributed by atoms with Crippen molar-refractivity contribution in [2.45, 2.75) is 26.2 Å². The fourth-order valence-electron chi connectivity index (χ4n) is 1.79. The van der Waals surface area contributed by atoms with E-state index in [1.807, 2.05) is 6.07 Å². The molecule has 0 aliphatic rings. The van der Waals surface area contributed by atoms with E-state index in [0.717, 1.165) is 0 Å². The van der Waals surface area contributed by atoms with Crippen LogP contribution in [0.1, 0.15) is 29.5 Å². The Balaban J connectivity index is 3.06. The maximum Gasteiger partial charge on any atom is 0.274 e. The average Bonchev–Trinajstić information content (AvgIpc) is 2.29. The minimum absolute atomic E-state index is 0.0731. The Bertz CT molecular complexity index is 532. The van der Waals surface area contributed by atoms with E-state index in [1.165, 1.54) is 6.07 Å². The lowest BCUT2D eigenvalue weighted by atomic mass is 9.98. The number of aryl methyl sites for hydroxylation is 1. The predicted molar refractivity (Wildman–Crippen MR) is 64.7 cm³/mol. The number of carbonyl (C=O) groups is 1. The average molecular weight is 247 g/mol. The van der Waals surface area contributed by atoms with Gasteiger partial charge in [0.1, 0.15) is 0 Å². The van der Waals surface area contributed by atoms with Gasteiger partial charge in [0, 0.05) is 18.1 Å². The molecule has 2 N–H and O–H groups in total. The van der Waals surface area contributed by atoms with E-state index >= 15 is 0 Å². The van der Waals surface area contributed by atoms with Gasteiger partial charge in [-0.15, -0.1) is 0 Å². The smallest absolute Gasteiger partial charge is 0.274 e. The van der Waals surface area contributed by atoms with Crippen molar-refractivity contribution in [3.8, 4) is 6.07 Å². The molecule has 0 atom stereocenters. The van der Waals surface area contributed by atoms with Gasteiger partial charge < -0.3 is 5.73 Å². The number of nitrogens with zero attached hydrogens (tertiary/aromatic N) is 2. The van der Waals surface area contributed by atoms with Crippen molar-refractivity contribution < 1.29 is 9.72 Å². The summed E-state index contributed by atoms with van der Waals surface area (Å²) in [7, 11) is 0. The molecule has 0 heterocycles. The number of benzene rings is 1. The highest BCUT2D eigenvalue weighted by Crippen LogP contribution is 2.25. The van der Waals surface area contributed by atoms with Crippen LogP contribution in [-0.4, -0.2) is 10.8 Å². The number of nitrogens with two attached hydrogens (primary N) is 1. The Morgan fingerprint density at radius 1 is 1.56 bits per heavy atom. The molecule has 0 radical (unpaired) electrons. The van der Waals surface area contributed by atoms with Gasteiger partial charge in [0.2, 0.25) is 5.91 Å². The Labute approximate surface area is 104 Å². The molecule has 1 aromatic carbocycles. The molecule has 1 amide bonds. The van der Waals surface area contributed by atoms with Gasteiger partial charge in [0.15, 0.2) is 0 Å². The molecule has 0 bridgehead atoms. The highest BCUT2D eigenvalue weighted by atomic mass is 16.6. The van der Waals surface area contributed by atoms with E-state index in [0.29, 0.717) is 24.0 Å². The molecule has 1 rings (SSSR count). The highest BCUT2D eigenvalue weighted by Gasteiger charge is 2.17. The van der Waals surface area contributed by atoms with Crippen LogP contribution in [0.5, 0.6) is 0 Å². The number of nitro benzene ring substituents is 1. The molecule has 0 aliphatic carbocycles. The molecule has 0 aliphatic heterocycles. The van der Waals surface area contributed by atoms with Gasteiger partial charge in [0.25, 0.3) is 5.69 Å². The van der Waals surface area contributed by atoms with E-state index in [1.54, 1.807) is 13.0 Å². The van der Waals surface area contributed by atoms with Gasteiger partial charge in [-0.2, -0.15) is 5.26 Å². The lowest BCUT2D eigenvalue weighted by Gasteiger charge is -2.06. The molecule has 6 heteroatoms. The Kier molecular flexibility index (Phi) is 4.38. The summed E-state index contributed by atoms with van der Waals surface area (Å²) < 4.78 is 0. The molecule has 6 nitrogen and oxygen atoms in total. The number of hydrogen-bond donors (Lipinski definition) is 1. The quantitative estimate of drug-likeness (QED) is 0.629. The second-order valence-corrected chi connectivity index (χ2v) is 3.98. The summed E-state index contributed by atoms with van der Waals surface area (Å²) in [5, 5.41) is 19.7. The van der Waals surface area contributed by atoms with Crippen LogP contribution in [0.4, 0.5) is 5.69 Å². The lowest BCUT2D eigenvalue weighted by Crippen LogP contribution is -2.10. The fourth-order valence-corrected chi connectivity index (χ4v) is 1.79. The minimum Gasteiger partial charge on any atom is -0.370 e. The first kappa shape index (κ1) is 13.6. The first-order valence-corrected chi connectivity index (χ1v) is 5.42. The molecule has 0 saturated carbocycles. The second kappa shape index (κ2) is 5.77. The summed E-state index contributed by atoms with van der Waals surface area (Å²) in [6.07, 6.45) is 1.05. The number of carbonyl (C=O) groups excluding carboxylic acids is 1. The summed E-state index contributed by atoms with van der Waals surface area (Å²) in [6, 6.07) is 4.75. The first-order chi connectivity index (χ1) is 8.45. The summed E-state index contributed by atoms with van der Waals surface area (Å²) in [6.45, 7) is 1.72. The van der Waals surface area contributed by atoms with Gasteiger partial charge in [0.05, 0.1) is 16.6 Å². The summed E-state index contributed by atoms with van der Waals surface area (Å²) in [4.78, 5) is 21.1. The topological polar surface area (TPSA) is 110 Å². The van der Waals surface area contributed by atoms with E-state index in [4.69, 9.17) is 11.0 Å². The van der Waals surface area contributed by atoms with Gasteiger partial charge >= 0.3 is 0 Å². The molecule has 94 valence electrons. The maximum atomic E-state index is 10.9. The SMILES string of the molecule is Cc1cc(C#N)cc([N+](=O)[O-])c1CCCC(N)=O. The van der Waals surface area contributed by atoms with Gasteiger partial charge in [-0.3, -0.25) is 14.9 Å². The number of hydrogen-bond acceptors (Lipinski definition) is 4. The van der Waals surface area contributed by atoms with Crippen LogP contribution >= 0.6 is 0 Å². The summed E-state index contributed by atoms with van der Waals surface area (Å²) >= 11 is 0. The molecule has 0 saturated heterocycles. The number of rotatable bonds is 5. The second-order valence-electron chi connectivity index (χ2n) is 3.98. The zero-order valence-electron chi connectivity index (χ0n) is 9.97. The van der Waals surface area contributed by atoms with Crippen LogP contribution in [0, 0.1) is 28.4 Å². The first-order valence-electron chi connectivity index (χ1n) is 5.42. The standard InChI is InChI=1S/C12H13N3O3/c1-8-5-9(7-13)6-11(15(17)18)10(8)3-2-4-12(14)16/h5-6H,2-4H2,1H3,(H2,14,16). The van der Waals surface area contributed by atoms with Crippen LogP contribution in [0.3, 0.4) is 0 Å². The van der Waals surface area contributed by atoms with Gasteiger partial charge in [-0.25, -0.2) is 0 Å². The molecule has 0 unspecified atom stereocenters. The Morgan fingerprint density at radius 2 is 2.22 bits per heavy atom. The van der Waals surface area contributed by atoms with E-state index in [-0.39, 0.29) is 17.7 Å². The van der Waals surface area contributed by atoms with Crippen molar-refractivity contribution in [1.29, 1.82) is 5.26 Å². The fraction of sp³-hybridized carbons (Fsp3) is 0.333. The molecule has 18 heavy (non-hydrogen) atoms. The van der Waals surface area contributed by atoms with Crippen molar-refractivity contribution in [2.75, 3.05) is 0 Å². The molecule has 0 fully saturated rings. The highest BCUT2D eigenvalue weighted by molar-refractivity contribution is 5.73. The molecule has 1 aromatic rings. The summed E-state index contributed by atoms with van der Waals surface area (Å²) in [5.74, 6) is -0.427. The monoisotopic (exact) mass is 247 g/mol. The van der Waals surface area contributed by atoms with Crippen LogP contribution in [0.2, 0.25) is 0 Å². The maximum absolute atomic E-state index is 10.9. The van der Waals surface area contributed by atoms with Crippen molar-refractivity contribution in [3.63, 3.8) is 0 Å². The van der Waals surface area contributed by atoms with Gasteiger partial charge in [-0.05, 0) is 31.4 Å². The predicted octanol–water partition coefficient (Wildman–Crippen LogP) is 1.58. The molecular weight excluding hydrogens is 234 g/mol. The van der Waals surface area contributed by atoms with Crippen LogP contribution in [0.25, 0.3) is 0 Å². The van der Waals surface area contributed by atoms with Crippen molar-refractivity contribution in [1.82, 2.24) is 0 Å². The van der Waals surface area contributed by atoms with Crippen molar-refractivity contribution in [3.05, 3.63) is 38.9 Å².